The lowest BCUT2D eigenvalue weighted by atomic mass is 9.99. The molecular weight excluding hydrogens is 390 g/mol. The number of likely N-dealkylation sites (tertiary alicyclic amines) is 1. The quantitative estimate of drug-likeness (QED) is 0.738. The molecule has 2 N–H and O–H groups in total. The molecule has 2 fully saturated rings. The van der Waals surface area contributed by atoms with Crippen LogP contribution in [-0.4, -0.2) is 56.0 Å². The molecule has 0 aliphatic carbocycles. The van der Waals surface area contributed by atoms with Crippen molar-refractivity contribution in [2.75, 3.05) is 39.3 Å². The second kappa shape index (κ2) is 11.4. The third-order valence-electron chi connectivity index (χ3n) is 5.72. The standard InChI is InChI=1S/C22H33N3O3.ClH/c1-16-11-19(22(27)24-14-18-7-6-8-23-13-18)12-17(2)21(16)28-15-20(26)25-9-4-3-5-10-25;/h11-12,18,23H,3-10,13-15H2,1-2H3,(H,24,27);1H. The minimum absolute atomic E-state index is 0. The molecule has 2 aliphatic heterocycles. The van der Waals surface area contributed by atoms with Gasteiger partial charge in [0.25, 0.3) is 11.8 Å². The number of hydrogen-bond acceptors (Lipinski definition) is 4. The van der Waals surface area contributed by atoms with Crippen LogP contribution in [0.5, 0.6) is 5.75 Å². The van der Waals surface area contributed by atoms with Gasteiger partial charge >= 0.3 is 0 Å². The first-order valence-electron chi connectivity index (χ1n) is 10.6. The number of nitrogens with one attached hydrogen (secondary N) is 2. The first-order valence-corrected chi connectivity index (χ1v) is 10.6. The summed E-state index contributed by atoms with van der Waals surface area (Å²) in [6, 6.07) is 3.70. The van der Waals surface area contributed by atoms with E-state index in [4.69, 9.17) is 4.74 Å². The van der Waals surface area contributed by atoms with E-state index in [-0.39, 0.29) is 30.8 Å². The molecule has 2 heterocycles. The minimum Gasteiger partial charge on any atom is -0.483 e. The van der Waals surface area contributed by atoms with E-state index in [1.54, 1.807) is 0 Å². The van der Waals surface area contributed by atoms with E-state index in [9.17, 15) is 9.59 Å². The number of rotatable bonds is 6. The normalized spacial score (nSPS) is 19.2. The minimum atomic E-state index is -0.0484. The molecule has 1 aromatic rings. The van der Waals surface area contributed by atoms with Gasteiger partial charge in [-0.3, -0.25) is 9.59 Å². The summed E-state index contributed by atoms with van der Waals surface area (Å²) >= 11 is 0. The molecule has 0 bridgehead atoms. The monoisotopic (exact) mass is 423 g/mol. The largest absolute Gasteiger partial charge is 0.483 e. The first-order chi connectivity index (χ1) is 13.5. The maximum absolute atomic E-state index is 12.5. The van der Waals surface area contributed by atoms with E-state index in [1.807, 2.05) is 30.9 Å². The van der Waals surface area contributed by atoms with E-state index < -0.39 is 0 Å². The maximum atomic E-state index is 12.5. The van der Waals surface area contributed by atoms with Gasteiger partial charge in [0, 0.05) is 25.2 Å². The highest BCUT2D eigenvalue weighted by Crippen LogP contribution is 2.25. The molecule has 2 saturated heterocycles. The van der Waals surface area contributed by atoms with Gasteiger partial charge in [-0.2, -0.15) is 0 Å². The highest BCUT2D eigenvalue weighted by molar-refractivity contribution is 5.95. The summed E-state index contributed by atoms with van der Waals surface area (Å²) in [5, 5.41) is 6.43. The van der Waals surface area contributed by atoms with Crippen LogP contribution in [0.2, 0.25) is 0 Å². The lowest BCUT2D eigenvalue weighted by molar-refractivity contribution is -0.134. The number of hydrogen-bond donors (Lipinski definition) is 2. The smallest absolute Gasteiger partial charge is 0.260 e. The summed E-state index contributed by atoms with van der Waals surface area (Å²) in [7, 11) is 0. The Bertz CT molecular complexity index is 676. The van der Waals surface area contributed by atoms with Gasteiger partial charge in [0.05, 0.1) is 0 Å². The Kier molecular flexibility index (Phi) is 9.24. The Labute approximate surface area is 180 Å². The number of amides is 2. The number of benzene rings is 1. The maximum Gasteiger partial charge on any atom is 0.260 e. The fourth-order valence-electron chi connectivity index (χ4n) is 4.11. The van der Waals surface area contributed by atoms with Crippen molar-refractivity contribution in [1.82, 2.24) is 15.5 Å². The third kappa shape index (κ3) is 6.61. The van der Waals surface area contributed by atoms with Crippen LogP contribution in [0.1, 0.15) is 53.6 Å². The second-order valence-corrected chi connectivity index (χ2v) is 8.09. The van der Waals surface area contributed by atoms with Crippen LogP contribution < -0.4 is 15.4 Å². The number of carbonyl (C=O) groups excluding carboxylic acids is 2. The lowest BCUT2D eigenvalue weighted by Gasteiger charge is -2.27. The molecule has 7 heteroatoms. The number of piperidine rings is 2. The highest BCUT2D eigenvalue weighted by Gasteiger charge is 2.19. The van der Waals surface area contributed by atoms with Gasteiger partial charge in [-0.25, -0.2) is 0 Å². The average molecular weight is 424 g/mol. The molecule has 0 aromatic heterocycles. The molecule has 2 aliphatic rings. The fraction of sp³-hybridized carbons (Fsp3) is 0.636. The van der Waals surface area contributed by atoms with Crippen molar-refractivity contribution >= 4 is 24.2 Å². The van der Waals surface area contributed by atoms with Gasteiger partial charge in [0.15, 0.2) is 6.61 Å². The fourth-order valence-corrected chi connectivity index (χ4v) is 4.11. The zero-order valence-corrected chi connectivity index (χ0v) is 18.4. The van der Waals surface area contributed by atoms with Crippen LogP contribution in [-0.2, 0) is 4.79 Å². The van der Waals surface area contributed by atoms with E-state index in [1.165, 1.54) is 12.8 Å². The van der Waals surface area contributed by atoms with Crippen molar-refractivity contribution in [2.45, 2.75) is 46.0 Å². The lowest BCUT2D eigenvalue weighted by Crippen LogP contribution is -2.38. The molecule has 0 spiro atoms. The van der Waals surface area contributed by atoms with E-state index in [0.29, 0.717) is 23.8 Å². The number of aryl methyl sites for hydroxylation is 2. The van der Waals surface area contributed by atoms with Crippen molar-refractivity contribution in [3.05, 3.63) is 28.8 Å². The Morgan fingerprint density at radius 1 is 1.14 bits per heavy atom. The van der Waals surface area contributed by atoms with Crippen LogP contribution in [0.4, 0.5) is 0 Å². The molecule has 2 amide bonds. The van der Waals surface area contributed by atoms with Gasteiger partial charge in [0.1, 0.15) is 5.75 Å². The summed E-state index contributed by atoms with van der Waals surface area (Å²) < 4.78 is 5.84. The molecular formula is C22H34ClN3O3. The number of nitrogens with zero attached hydrogens (tertiary/aromatic N) is 1. The zero-order valence-electron chi connectivity index (χ0n) is 17.6. The number of ether oxygens (including phenoxy) is 1. The van der Waals surface area contributed by atoms with Gasteiger partial charge in [-0.15, -0.1) is 12.4 Å². The van der Waals surface area contributed by atoms with Gasteiger partial charge in [0.2, 0.25) is 0 Å². The first kappa shape index (κ1) is 23.5. The zero-order chi connectivity index (χ0) is 19.9. The van der Waals surface area contributed by atoms with Crippen LogP contribution >= 0.6 is 12.4 Å². The van der Waals surface area contributed by atoms with E-state index in [2.05, 4.69) is 10.6 Å². The van der Waals surface area contributed by atoms with Crippen molar-refractivity contribution < 1.29 is 14.3 Å². The molecule has 3 rings (SSSR count). The Hall–Kier alpha value is -1.79. The summed E-state index contributed by atoms with van der Waals surface area (Å²) in [6.45, 7) is 8.31. The Morgan fingerprint density at radius 3 is 2.45 bits per heavy atom. The summed E-state index contributed by atoms with van der Waals surface area (Å²) in [4.78, 5) is 26.8. The number of halogens is 1. The molecule has 6 nitrogen and oxygen atoms in total. The van der Waals surface area contributed by atoms with E-state index in [0.717, 1.165) is 56.6 Å². The van der Waals surface area contributed by atoms with Crippen molar-refractivity contribution in [2.24, 2.45) is 5.92 Å². The molecule has 162 valence electrons. The molecule has 0 radical (unpaired) electrons. The SMILES string of the molecule is Cc1cc(C(=O)NCC2CCCNC2)cc(C)c1OCC(=O)N1CCCCC1.Cl. The number of carbonyl (C=O) groups is 2. The third-order valence-corrected chi connectivity index (χ3v) is 5.72. The van der Waals surface area contributed by atoms with Crippen molar-refractivity contribution in [1.29, 1.82) is 0 Å². The van der Waals surface area contributed by atoms with Crippen LogP contribution in [0.15, 0.2) is 12.1 Å². The summed E-state index contributed by atoms with van der Waals surface area (Å²) in [5.74, 6) is 1.20. The predicted molar refractivity (Wildman–Crippen MR) is 117 cm³/mol. The second-order valence-electron chi connectivity index (χ2n) is 8.09. The molecule has 1 aromatic carbocycles. The van der Waals surface area contributed by atoms with Crippen LogP contribution in [0.25, 0.3) is 0 Å². The highest BCUT2D eigenvalue weighted by atomic mass is 35.5. The molecule has 1 unspecified atom stereocenters. The summed E-state index contributed by atoms with van der Waals surface area (Å²) in [6.07, 6.45) is 5.67. The Balaban J connectivity index is 0.00000300. The van der Waals surface area contributed by atoms with E-state index >= 15 is 0 Å². The molecule has 1 atom stereocenters. The molecule has 0 saturated carbocycles. The molecule has 29 heavy (non-hydrogen) atoms. The Morgan fingerprint density at radius 2 is 1.83 bits per heavy atom. The van der Waals surface area contributed by atoms with Gasteiger partial charge in [-0.1, -0.05) is 0 Å². The average Bonchev–Trinajstić information content (AvgIpc) is 2.72. The van der Waals surface area contributed by atoms with Crippen LogP contribution in [0, 0.1) is 19.8 Å². The van der Waals surface area contributed by atoms with Crippen molar-refractivity contribution in [3.8, 4) is 5.75 Å². The summed E-state index contributed by atoms with van der Waals surface area (Å²) in [5.41, 5.74) is 2.42. The topological polar surface area (TPSA) is 70.7 Å². The predicted octanol–water partition coefficient (Wildman–Crippen LogP) is 2.85. The van der Waals surface area contributed by atoms with Gasteiger partial charge in [-0.05, 0) is 88.2 Å². The van der Waals surface area contributed by atoms with Crippen molar-refractivity contribution in [3.63, 3.8) is 0 Å². The van der Waals surface area contributed by atoms with Gasteiger partial charge < -0.3 is 20.3 Å². The van der Waals surface area contributed by atoms with Crippen LogP contribution in [0.3, 0.4) is 0 Å².